The predicted molar refractivity (Wildman–Crippen MR) is 20.7 cm³/mol. The molecule has 5 heteroatoms. The van der Waals surface area contributed by atoms with E-state index < -0.39 is 0 Å². The maximum Gasteiger partial charge on any atom is 0 e. The first kappa shape index (κ1) is 34.9. The normalized spacial score (nSPS) is 0. The Kier molecular flexibility index (Phi) is 167. The molecule has 0 saturated carbocycles. The minimum absolute atomic E-state index is 0. The second-order valence-electron chi connectivity index (χ2n) is 0. The van der Waals surface area contributed by atoms with Crippen molar-refractivity contribution in [3.63, 3.8) is 0 Å². The summed E-state index contributed by atoms with van der Waals surface area (Å²) in [6.45, 7) is 0. The van der Waals surface area contributed by atoms with E-state index in [-0.39, 0.29) is 137 Å². The number of rotatable bonds is 0. The monoisotopic (exact) mass is 465 g/mol. The first-order chi connectivity index (χ1) is 0. The van der Waals surface area contributed by atoms with Crippen LogP contribution in [0.1, 0.15) is 0 Å². The average Bonchev–Trinajstić information content (AvgIpc) is 0. The van der Waals surface area contributed by atoms with Gasteiger partial charge in [0.2, 0.25) is 0 Å². The molecule has 0 aromatic heterocycles. The van der Waals surface area contributed by atoms with Crippen molar-refractivity contribution in [2.45, 2.75) is 0 Å². The third-order valence-corrected chi connectivity index (χ3v) is 0. The Morgan fingerprint density at radius 1 is 1.00 bits per heavy atom. The fourth-order valence-electron chi connectivity index (χ4n) is 0. The molecule has 2 N–H and O–H groups in total. The topological polar surface area (TPSA) is 31.5 Å². The van der Waals surface area contributed by atoms with Crippen molar-refractivity contribution in [1.29, 1.82) is 0 Å². The Labute approximate surface area is 133 Å². The summed E-state index contributed by atoms with van der Waals surface area (Å²) in [5.41, 5.74) is 0. The van der Waals surface area contributed by atoms with Crippen LogP contribution in [-0.2, 0) is 44.7 Å². The van der Waals surface area contributed by atoms with Crippen LogP contribution >= 0.6 is 0 Å². The van der Waals surface area contributed by atoms with Gasteiger partial charge < -0.3 is 5.48 Å². The summed E-state index contributed by atoms with van der Waals surface area (Å²) in [4.78, 5) is 0. The Morgan fingerprint density at radius 2 is 1.00 bits per heavy atom. The summed E-state index contributed by atoms with van der Waals surface area (Å²) in [5, 5.41) is 0. The molecule has 1 radical (unpaired) electrons. The molecule has 0 spiro atoms. The third kappa shape index (κ3) is 17.8. The fraction of sp³-hybridized carbons (Fsp3) is 0. The number of hydrogen-bond donors (Lipinski definition) is 0. The molecule has 0 aromatic rings. The standard InChI is InChI=1S/Ba.Ca.Cu.Hg.H2O.4H/h;;;;1H2;;;;. The largest absolute Gasteiger partial charge is 0 e. The second-order valence-corrected chi connectivity index (χ2v) is 0. The molecule has 0 aromatic carbocycles. The zero-order valence-corrected chi connectivity index (χ0v) is 7.95. The molecule has 29 valence electrons. The van der Waals surface area contributed by atoms with Crippen molar-refractivity contribution >= 4 is 86.6 Å². The van der Waals surface area contributed by atoms with Crippen LogP contribution in [0.3, 0.4) is 0 Å². The summed E-state index contributed by atoms with van der Waals surface area (Å²) in [5.74, 6) is 0. The van der Waals surface area contributed by atoms with Crippen LogP contribution in [0.15, 0.2) is 0 Å². The van der Waals surface area contributed by atoms with Gasteiger partial charge in [0.25, 0.3) is 0 Å². The molecular formula is H6BaCaCuHgO. The van der Waals surface area contributed by atoms with Gasteiger partial charge in [-0.1, -0.05) is 0 Å². The Morgan fingerprint density at radius 3 is 1.00 bits per heavy atom. The zero-order chi connectivity index (χ0) is 0. The predicted octanol–water partition coefficient (Wildman–Crippen LogP) is -2.66. The molecule has 0 aliphatic heterocycles. The molecule has 5 heavy (non-hydrogen) atoms. The van der Waals surface area contributed by atoms with Crippen molar-refractivity contribution in [3.05, 3.63) is 0 Å². The molecule has 0 aliphatic carbocycles. The summed E-state index contributed by atoms with van der Waals surface area (Å²) in [7, 11) is 0. The van der Waals surface area contributed by atoms with E-state index in [9.17, 15) is 0 Å². The fourth-order valence-corrected chi connectivity index (χ4v) is 0. The molecule has 0 amide bonds. The molecular weight excluding hydrogens is 458 g/mol. The Bertz CT molecular complexity index is 11.6. The molecule has 0 rings (SSSR count). The van der Waals surface area contributed by atoms with E-state index in [1.165, 1.54) is 0 Å². The van der Waals surface area contributed by atoms with E-state index in [1.807, 2.05) is 0 Å². The summed E-state index contributed by atoms with van der Waals surface area (Å²) < 4.78 is 0. The quantitative estimate of drug-likeness (QED) is 0.352. The Hall–Kier alpha value is 4.25. The van der Waals surface area contributed by atoms with Crippen LogP contribution in [0.25, 0.3) is 0 Å². The van der Waals surface area contributed by atoms with Gasteiger partial charge in [0.15, 0.2) is 0 Å². The van der Waals surface area contributed by atoms with Crippen LogP contribution in [0.5, 0.6) is 0 Å². The van der Waals surface area contributed by atoms with Gasteiger partial charge in [0.05, 0.1) is 0 Å². The summed E-state index contributed by atoms with van der Waals surface area (Å²) >= 11 is 0. The first-order valence-electron chi connectivity index (χ1n) is 0. The maximum atomic E-state index is 0. The first-order valence-corrected chi connectivity index (χ1v) is 0. The van der Waals surface area contributed by atoms with Gasteiger partial charge in [-0.15, -0.1) is 0 Å². The summed E-state index contributed by atoms with van der Waals surface area (Å²) in [6.07, 6.45) is 0. The van der Waals surface area contributed by atoms with Crippen LogP contribution in [0, 0.1) is 0 Å². The van der Waals surface area contributed by atoms with E-state index in [2.05, 4.69) is 0 Å². The van der Waals surface area contributed by atoms with Gasteiger partial charge >= 0.3 is 86.6 Å². The molecule has 0 bridgehead atoms. The van der Waals surface area contributed by atoms with Crippen LogP contribution in [0.4, 0.5) is 0 Å². The molecule has 0 atom stereocenters. The van der Waals surface area contributed by atoms with Crippen LogP contribution < -0.4 is 0 Å². The molecule has 0 saturated heterocycles. The van der Waals surface area contributed by atoms with Gasteiger partial charge in [0, 0.05) is 44.7 Å². The van der Waals surface area contributed by atoms with Crippen LogP contribution in [0.2, 0.25) is 0 Å². The van der Waals surface area contributed by atoms with Gasteiger partial charge in [0.1, 0.15) is 0 Å². The van der Waals surface area contributed by atoms with Gasteiger partial charge in [-0.25, -0.2) is 0 Å². The van der Waals surface area contributed by atoms with Gasteiger partial charge in [-0.05, 0) is 0 Å². The van der Waals surface area contributed by atoms with E-state index >= 15 is 0 Å². The van der Waals surface area contributed by atoms with Crippen molar-refractivity contribution < 1.29 is 50.2 Å². The van der Waals surface area contributed by atoms with Gasteiger partial charge in [-0.3, -0.25) is 0 Å². The average molecular weight is 464 g/mol. The molecule has 1 nitrogen and oxygen atoms in total. The molecule has 0 heterocycles. The minimum Gasteiger partial charge on any atom is 0 e. The van der Waals surface area contributed by atoms with E-state index in [0.29, 0.717) is 0 Å². The molecule has 0 aliphatic rings. The van der Waals surface area contributed by atoms with Crippen molar-refractivity contribution in [1.82, 2.24) is 0 Å². The maximum absolute atomic E-state index is 0. The van der Waals surface area contributed by atoms with Crippen molar-refractivity contribution in [2.75, 3.05) is 0 Å². The van der Waals surface area contributed by atoms with Crippen molar-refractivity contribution in [3.8, 4) is 0 Å². The Balaban J connectivity index is 0. The SMILES string of the molecule is O.[BaH2].[CaH2].[Cu].[Hg]. The van der Waals surface area contributed by atoms with E-state index in [4.69, 9.17) is 0 Å². The molecule has 0 unspecified atom stereocenters. The third-order valence-electron chi connectivity index (χ3n) is 0. The summed E-state index contributed by atoms with van der Waals surface area (Å²) in [6, 6.07) is 0. The van der Waals surface area contributed by atoms with Crippen LogP contribution in [-0.4, -0.2) is 92.1 Å². The zero-order valence-electron chi connectivity index (χ0n) is 1.51. The van der Waals surface area contributed by atoms with E-state index in [1.54, 1.807) is 0 Å². The van der Waals surface area contributed by atoms with Gasteiger partial charge in [-0.2, -0.15) is 0 Å². The van der Waals surface area contributed by atoms with E-state index in [0.717, 1.165) is 0 Å². The minimum atomic E-state index is 0. The van der Waals surface area contributed by atoms with Crippen molar-refractivity contribution in [2.24, 2.45) is 0 Å². The smallest absolute Gasteiger partial charge is 0 e. The second kappa shape index (κ2) is 24.0. The molecule has 0 fully saturated rings. The number of hydrogen-bond acceptors (Lipinski definition) is 0.